The molecule has 2 heterocycles. The van der Waals surface area contributed by atoms with Crippen molar-refractivity contribution in [1.29, 1.82) is 0 Å². The molecule has 1 aromatic heterocycles. The minimum atomic E-state index is 0.0295. The molecule has 0 unspecified atom stereocenters. The van der Waals surface area contributed by atoms with E-state index in [1.807, 2.05) is 19.5 Å². The number of hydrogen-bond acceptors (Lipinski definition) is 4. The lowest BCUT2D eigenvalue weighted by Gasteiger charge is -2.42. The standard InChI is InChI=1S/C18H28N4O/c1-20(2)14-18(23-3)8-10-21(11-9-18)12-13-22-15-19-16-6-4-5-7-17(16)22/h4-7,15H,8-14H2,1-3H3. The van der Waals surface area contributed by atoms with Crippen molar-refractivity contribution in [3.8, 4) is 0 Å². The molecule has 0 spiro atoms. The van der Waals surface area contributed by atoms with Crippen molar-refractivity contribution in [2.45, 2.75) is 25.0 Å². The molecule has 0 bridgehead atoms. The van der Waals surface area contributed by atoms with Crippen LogP contribution in [-0.4, -0.2) is 72.3 Å². The van der Waals surface area contributed by atoms with Crippen molar-refractivity contribution < 1.29 is 4.74 Å². The van der Waals surface area contributed by atoms with E-state index in [2.05, 4.69) is 51.6 Å². The molecule has 0 radical (unpaired) electrons. The summed E-state index contributed by atoms with van der Waals surface area (Å²) in [5.41, 5.74) is 2.33. The van der Waals surface area contributed by atoms with E-state index in [4.69, 9.17) is 4.74 Å². The van der Waals surface area contributed by atoms with Gasteiger partial charge < -0.3 is 19.1 Å². The Morgan fingerprint density at radius 2 is 1.91 bits per heavy atom. The Morgan fingerprint density at radius 3 is 2.61 bits per heavy atom. The highest BCUT2D eigenvalue weighted by atomic mass is 16.5. The van der Waals surface area contributed by atoms with Gasteiger partial charge >= 0.3 is 0 Å². The molecule has 1 aromatic carbocycles. The first-order valence-electron chi connectivity index (χ1n) is 8.44. The SMILES string of the molecule is COC1(CN(C)C)CCN(CCn2cnc3ccccc32)CC1. The van der Waals surface area contributed by atoms with E-state index in [0.29, 0.717) is 0 Å². The smallest absolute Gasteiger partial charge is 0.0958 e. The lowest BCUT2D eigenvalue weighted by molar-refractivity contribution is -0.0702. The Bertz CT molecular complexity index is 629. The first-order valence-corrected chi connectivity index (χ1v) is 8.44. The Labute approximate surface area is 138 Å². The van der Waals surface area contributed by atoms with Gasteiger partial charge in [-0.15, -0.1) is 0 Å². The Balaban J connectivity index is 1.55. The average molecular weight is 316 g/mol. The first-order chi connectivity index (χ1) is 11.1. The zero-order valence-corrected chi connectivity index (χ0v) is 14.5. The summed E-state index contributed by atoms with van der Waals surface area (Å²) < 4.78 is 8.12. The summed E-state index contributed by atoms with van der Waals surface area (Å²) in [6.07, 6.45) is 4.17. The van der Waals surface area contributed by atoms with Crippen LogP contribution in [0, 0.1) is 0 Å². The quantitative estimate of drug-likeness (QED) is 0.817. The molecule has 1 aliphatic rings. The van der Waals surface area contributed by atoms with Crippen molar-refractivity contribution in [3.63, 3.8) is 0 Å². The number of hydrogen-bond donors (Lipinski definition) is 0. The third-order valence-electron chi connectivity index (χ3n) is 4.99. The lowest BCUT2D eigenvalue weighted by atomic mass is 9.90. The molecule has 0 saturated carbocycles. The number of imidazole rings is 1. The molecule has 5 heteroatoms. The molecule has 5 nitrogen and oxygen atoms in total. The number of likely N-dealkylation sites (N-methyl/N-ethyl adjacent to an activating group) is 1. The molecule has 2 aromatic rings. The monoisotopic (exact) mass is 316 g/mol. The summed E-state index contributed by atoms with van der Waals surface area (Å²) in [5, 5.41) is 0. The summed E-state index contributed by atoms with van der Waals surface area (Å²) >= 11 is 0. The van der Waals surface area contributed by atoms with Crippen LogP contribution in [0.2, 0.25) is 0 Å². The van der Waals surface area contributed by atoms with Crippen molar-refractivity contribution in [2.24, 2.45) is 0 Å². The van der Waals surface area contributed by atoms with Crippen LogP contribution in [0.4, 0.5) is 0 Å². The van der Waals surface area contributed by atoms with Crippen LogP contribution >= 0.6 is 0 Å². The van der Waals surface area contributed by atoms with Crippen LogP contribution in [0.25, 0.3) is 11.0 Å². The second-order valence-corrected chi connectivity index (χ2v) is 6.89. The second kappa shape index (κ2) is 6.99. The van der Waals surface area contributed by atoms with E-state index in [1.54, 1.807) is 0 Å². The number of likely N-dealkylation sites (tertiary alicyclic amines) is 1. The van der Waals surface area contributed by atoms with Gasteiger partial charge in [0.1, 0.15) is 0 Å². The summed E-state index contributed by atoms with van der Waals surface area (Å²) in [5.74, 6) is 0. The second-order valence-electron chi connectivity index (χ2n) is 6.89. The average Bonchev–Trinajstić information content (AvgIpc) is 2.97. The molecular weight excluding hydrogens is 288 g/mol. The molecule has 0 atom stereocenters. The molecule has 0 aliphatic carbocycles. The Hall–Kier alpha value is -1.43. The van der Waals surface area contributed by atoms with E-state index < -0.39 is 0 Å². The summed E-state index contributed by atoms with van der Waals surface area (Å²) in [4.78, 5) is 9.25. The van der Waals surface area contributed by atoms with Crippen molar-refractivity contribution >= 4 is 11.0 Å². The predicted molar refractivity (Wildman–Crippen MR) is 93.7 cm³/mol. The molecule has 1 fully saturated rings. The summed E-state index contributed by atoms with van der Waals surface area (Å²) in [7, 11) is 6.10. The van der Waals surface area contributed by atoms with Crippen LogP contribution in [-0.2, 0) is 11.3 Å². The highest BCUT2D eigenvalue weighted by Crippen LogP contribution is 2.26. The molecular formula is C18H28N4O. The topological polar surface area (TPSA) is 33.5 Å². The minimum absolute atomic E-state index is 0.0295. The number of aromatic nitrogens is 2. The van der Waals surface area contributed by atoms with E-state index in [1.165, 1.54) is 5.52 Å². The van der Waals surface area contributed by atoms with Gasteiger partial charge in [-0.3, -0.25) is 0 Å². The number of nitrogens with zero attached hydrogens (tertiary/aromatic N) is 4. The van der Waals surface area contributed by atoms with E-state index >= 15 is 0 Å². The van der Waals surface area contributed by atoms with Gasteiger partial charge in [-0.25, -0.2) is 4.98 Å². The number of para-hydroxylation sites is 2. The number of ether oxygens (including phenoxy) is 1. The molecule has 1 aliphatic heterocycles. The highest BCUT2D eigenvalue weighted by Gasteiger charge is 2.34. The van der Waals surface area contributed by atoms with Gasteiger partial charge in [-0.05, 0) is 39.1 Å². The van der Waals surface area contributed by atoms with Crippen LogP contribution < -0.4 is 0 Å². The van der Waals surface area contributed by atoms with Crippen molar-refractivity contribution in [2.75, 3.05) is 47.4 Å². The lowest BCUT2D eigenvalue weighted by Crippen LogP contribution is -2.51. The fourth-order valence-corrected chi connectivity index (χ4v) is 3.62. The van der Waals surface area contributed by atoms with Crippen molar-refractivity contribution in [3.05, 3.63) is 30.6 Å². The molecule has 1 saturated heterocycles. The molecule has 23 heavy (non-hydrogen) atoms. The zero-order chi connectivity index (χ0) is 16.3. The van der Waals surface area contributed by atoms with Gasteiger partial charge in [-0.2, -0.15) is 0 Å². The Kier molecular flexibility index (Phi) is 4.99. The molecule has 3 rings (SSSR count). The van der Waals surface area contributed by atoms with E-state index in [0.717, 1.165) is 51.1 Å². The molecule has 126 valence electrons. The maximum atomic E-state index is 5.86. The molecule has 0 N–H and O–H groups in total. The predicted octanol–water partition coefficient (Wildman–Crippen LogP) is 2.08. The van der Waals surface area contributed by atoms with Gasteiger partial charge in [-0.1, -0.05) is 12.1 Å². The normalized spacial score (nSPS) is 18.8. The van der Waals surface area contributed by atoms with Gasteiger partial charge in [0, 0.05) is 39.8 Å². The Morgan fingerprint density at radius 1 is 1.17 bits per heavy atom. The van der Waals surface area contributed by atoms with Crippen molar-refractivity contribution in [1.82, 2.24) is 19.4 Å². The number of rotatable bonds is 6. The van der Waals surface area contributed by atoms with Gasteiger partial charge in [0.25, 0.3) is 0 Å². The molecule has 0 amide bonds. The minimum Gasteiger partial charge on any atom is -0.377 e. The maximum absolute atomic E-state index is 5.86. The third-order valence-corrected chi connectivity index (χ3v) is 4.99. The van der Waals surface area contributed by atoms with E-state index in [9.17, 15) is 0 Å². The third kappa shape index (κ3) is 3.74. The largest absolute Gasteiger partial charge is 0.377 e. The van der Waals surface area contributed by atoms with Gasteiger partial charge in [0.05, 0.1) is 23.0 Å². The van der Waals surface area contributed by atoms with Crippen LogP contribution in [0.5, 0.6) is 0 Å². The fraction of sp³-hybridized carbons (Fsp3) is 0.611. The summed E-state index contributed by atoms with van der Waals surface area (Å²) in [6.45, 7) is 5.28. The highest BCUT2D eigenvalue weighted by molar-refractivity contribution is 5.74. The van der Waals surface area contributed by atoms with Crippen LogP contribution in [0.15, 0.2) is 30.6 Å². The summed E-state index contributed by atoms with van der Waals surface area (Å²) in [6, 6.07) is 8.33. The number of methoxy groups -OCH3 is 1. The van der Waals surface area contributed by atoms with E-state index in [-0.39, 0.29) is 5.60 Å². The zero-order valence-electron chi connectivity index (χ0n) is 14.5. The van der Waals surface area contributed by atoms with Crippen LogP contribution in [0.1, 0.15) is 12.8 Å². The number of fused-ring (bicyclic) bond motifs is 1. The first kappa shape index (κ1) is 16.4. The number of benzene rings is 1. The number of piperidine rings is 1. The maximum Gasteiger partial charge on any atom is 0.0958 e. The van der Waals surface area contributed by atoms with Gasteiger partial charge in [0.15, 0.2) is 0 Å². The fourth-order valence-electron chi connectivity index (χ4n) is 3.62. The van der Waals surface area contributed by atoms with Crippen LogP contribution in [0.3, 0.4) is 0 Å². The van der Waals surface area contributed by atoms with Gasteiger partial charge in [0.2, 0.25) is 0 Å².